The summed E-state index contributed by atoms with van der Waals surface area (Å²) < 4.78 is 0. The third-order valence-electron chi connectivity index (χ3n) is 4.58. The fourth-order valence-corrected chi connectivity index (χ4v) is 2.56. The second kappa shape index (κ2) is 6.74. The lowest BCUT2D eigenvalue weighted by atomic mass is 9.77. The molecule has 1 atom stereocenters. The van der Waals surface area contributed by atoms with Crippen LogP contribution in [0, 0.1) is 11.3 Å². The van der Waals surface area contributed by atoms with E-state index in [1.807, 2.05) is 0 Å². The Bertz CT molecular complexity index is 413. The first-order chi connectivity index (χ1) is 8.81. The highest BCUT2D eigenvalue weighted by atomic mass is 35.5. The first-order valence-electron chi connectivity index (χ1n) is 7.44. The van der Waals surface area contributed by atoms with Crippen molar-refractivity contribution < 1.29 is 0 Å². The topological polar surface area (TPSA) is 12.4 Å². The minimum absolute atomic E-state index is 0.246. The van der Waals surface area contributed by atoms with Crippen molar-refractivity contribution in [1.82, 2.24) is 0 Å². The Hall–Kier alpha value is -0.560. The van der Waals surface area contributed by atoms with Crippen LogP contribution < -0.4 is 0 Å². The standard InChI is InChI=1S/C17H28ClN/c1-7-14-11-15(17(5,6)8-2)10-9-12(3)13(4)19-16(14)18/h10,12H,7-9,11H2,1-6H3/b15-10-,16-14-,19-13-. The molecule has 1 aliphatic heterocycles. The smallest absolute Gasteiger partial charge is 0.128 e. The number of allylic oxidation sites excluding steroid dienone is 3. The number of nitrogens with zero attached hydrogens (tertiary/aromatic N) is 1. The molecule has 0 radical (unpaired) electrons. The molecule has 0 amide bonds. The molecule has 0 aliphatic carbocycles. The van der Waals surface area contributed by atoms with Gasteiger partial charge in [-0.1, -0.05) is 57.9 Å². The molecule has 0 saturated carbocycles. The summed E-state index contributed by atoms with van der Waals surface area (Å²) in [5, 5.41) is 0.714. The van der Waals surface area contributed by atoms with Crippen LogP contribution in [0.3, 0.4) is 0 Å². The van der Waals surface area contributed by atoms with Gasteiger partial charge in [-0.2, -0.15) is 0 Å². The van der Waals surface area contributed by atoms with Gasteiger partial charge in [0.05, 0.1) is 0 Å². The zero-order valence-corrected chi connectivity index (χ0v) is 14.1. The van der Waals surface area contributed by atoms with Crippen LogP contribution >= 0.6 is 11.6 Å². The average molecular weight is 282 g/mol. The van der Waals surface area contributed by atoms with Gasteiger partial charge in [-0.15, -0.1) is 0 Å². The molecule has 0 aromatic heterocycles. The van der Waals surface area contributed by atoms with Gasteiger partial charge in [0.1, 0.15) is 5.16 Å². The molecule has 1 unspecified atom stereocenters. The van der Waals surface area contributed by atoms with Crippen LogP contribution in [0.1, 0.15) is 67.2 Å². The lowest BCUT2D eigenvalue weighted by molar-refractivity contribution is 0.416. The van der Waals surface area contributed by atoms with E-state index < -0.39 is 0 Å². The van der Waals surface area contributed by atoms with E-state index in [4.69, 9.17) is 11.6 Å². The fourth-order valence-electron chi connectivity index (χ4n) is 2.22. The number of hydrogen-bond donors (Lipinski definition) is 0. The van der Waals surface area contributed by atoms with E-state index in [9.17, 15) is 0 Å². The first kappa shape index (κ1) is 16.5. The van der Waals surface area contributed by atoms with E-state index in [1.54, 1.807) is 0 Å². The van der Waals surface area contributed by atoms with E-state index in [-0.39, 0.29) is 5.41 Å². The molecule has 0 aromatic rings. The van der Waals surface area contributed by atoms with Crippen LogP contribution in [-0.4, -0.2) is 5.71 Å². The van der Waals surface area contributed by atoms with E-state index in [2.05, 4.69) is 52.6 Å². The summed E-state index contributed by atoms with van der Waals surface area (Å²) in [7, 11) is 0. The maximum absolute atomic E-state index is 6.42. The number of hydrogen-bond acceptors (Lipinski definition) is 1. The van der Waals surface area contributed by atoms with Crippen molar-refractivity contribution in [3.05, 3.63) is 22.4 Å². The molecule has 1 rings (SSSR count). The van der Waals surface area contributed by atoms with Crippen LogP contribution in [0.5, 0.6) is 0 Å². The van der Waals surface area contributed by atoms with Crippen LogP contribution in [0.4, 0.5) is 0 Å². The summed E-state index contributed by atoms with van der Waals surface area (Å²) in [6.07, 6.45) is 6.59. The molecule has 0 N–H and O–H groups in total. The van der Waals surface area contributed by atoms with Crippen LogP contribution in [0.15, 0.2) is 27.4 Å². The highest BCUT2D eigenvalue weighted by Crippen LogP contribution is 2.37. The van der Waals surface area contributed by atoms with Gasteiger partial charge in [0.15, 0.2) is 0 Å². The number of rotatable bonds is 3. The summed E-state index contributed by atoms with van der Waals surface area (Å²) in [5.41, 5.74) is 4.17. The molecule has 108 valence electrons. The molecule has 2 heteroatoms. The Morgan fingerprint density at radius 1 is 1.37 bits per heavy atom. The Morgan fingerprint density at radius 3 is 2.53 bits per heavy atom. The highest BCUT2D eigenvalue weighted by molar-refractivity contribution is 6.30. The maximum atomic E-state index is 6.42. The minimum Gasteiger partial charge on any atom is -0.246 e. The molecule has 0 bridgehead atoms. The van der Waals surface area contributed by atoms with Crippen LogP contribution in [0.2, 0.25) is 0 Å². The van der Waals surface area contributed by atoms with Gasteiger partial charge in [-0.3, -0.25) is 0 Å². The van der Waals surface area contributed by atoms with Crippen molar-refractivity contribution in [2.24, 2.45) is 16.3 Å². The summed E-state index contributed by atoms with van der Waals surface area (Å²) in [6.45, 7) is 13.4. The summed E-state index contributed by atoms with van der Waals surface area (Å²) in [4.78, 5) is 4.60. The van der Waals surface area contributed by atoms with Crippen molar-refractivity contribution in [2.75, 3.05) is 0 Å². The molecule has 0 saturated heterocycles. The third kappa shape index (κ3) is 4.21. The van der Waals surface area contributed by atoms with Gasteiger partial charge in [0.2, 0.25) is 0 Å². The molecule has 19 heavy (non-hydrogen) atoms. The van der Waals surface area contributed by atoms with Crippen molar-refractivity contribution in [2.45, 2.75) is 67.2 Å². The summed E-state index contributed by atoms with van der Waals surface area (Å²) in [6, 6.07) is 0. The van der Waals surface area contributed by atoms with Crippen LogP contribution in [-0.2, 0) is 0 Å². The molecule has 1 nitrogen and oxygen atoms in total. The normalized spacial score (nSPS) is 31.6. The van der Waals surface area contributed by atoms with E-state index in [0.29, 0.717) is 11.1 Å². The van der Waals surface area contributed by atoms with E-state index in [0.717, 1.165) is 31.4 Å². The zero-order chi connectivity index (χ0) is 14.6. The van der Waals surface area contributed by atoms with E-state index >= 15 is 0 Å². The summed E-state index contributed by atoms with van der Waals surface area (Å²) >= 11 is 6.42. The predicted octanol–water partition coefficient (Wildman–Crippen LogP) is 6.10. The lowest BCUT2D eigenvalue weighted by Gasteiger charge is -2.28. The monoisotopic (exact) mass is 281 g/mol. The van der Waals surface area contributed by atoms with Crippen LogP contribution in [0.25, 0.3) is 0 Å². The van der Waals surface area contributed by atoms with Gasteiger partial charge in [0.25, 0.3) is 0 Å². The second-order valence-electron chi connectivity index (χ2n) is 6.28. The van der Waals surface area contributed by atoms with Crippen molar-refractivity contribution in [3.8, 4) is 0 Å². The Labute approximate surface area is 123 Å². The SMILES string of the molecule is CC/C1=C(Cl)/N=C(/C)C(C)C/C=C(\C(C)(C)CC)C1. The van der Waals surface area contributed by atoms with Gasteiger partial charge in [0, 0.05) is 5.71 Å². The molecular weight excluding hydrogens is 254 g/mol. The molecule has 1 heterocycles. The number of halogens is 1. The largest absolute Gasteiger partial charge is 0.246 e. The van der Waals surface area contributed by atoms with Gasteiger partial charge in [-0.05, 0) is 49.5 Å². The van der Waals surface area contributed by atoms with Crippen molar-refractivity contribution in [3.63, 3.8) is 0 Å². The van der Waals surface area contributed by atoms with Gasteiger partial charge >= 0.3 is 0 Å². The van der Waals surface area contributed by atoms with Gasteiger partial charge in [-0.25, -0.2) is 4.99 Å². The zero-order valence-electron chi connectivity index (χ0n) is 13.3. The second-order valence-corrected chi connectivity index (χ2v) is 6.64. The van der Waals surface area contributed by atoms with E-state index in [1.165, 1.54) is 11.1 Å². The van der Waals surface area contributed by atoms with Crippen molar-refractivity contribution in [1.29, 1.82) is 0 Å². The molecule has 0 fully saturated rings. The Kier molecular flexibility index (Phi) is 5.85. The molecule has 0 spiro atoms. The summed E-state index contributed by atoms with van der Waals surface area (Å²) in [5.74, 6) is 0.465. The molecule has 0 aromatic carbocycles. The molecular formula is C17H28ClN. The number of aliphatic imine (C=N–C) groups is 1. The predicted molar refractivity (Wildman–Crippen MR) is 86.8 cm³/mol. The minimum atomic E-state index is 0.246. The fraction of sp³-hybridized carbons (Fsp3) is 0.706. The lowest BCUT2D eigenvalue weighted by Crippen LogP contribution is -2.15. The van der Waals surface area contributed by atoms with Gasteiger partial charge < -0.3 is 0 Å². The quantitative estimate of drug-likeness (QED) is 0.438. The molecule has 1 aliphatic rings. The highest BCUT2D eigenvalue weighted by Gasteiger charge is 2.23. The Morgan fingerprint density at radius 2 is 2.00 bits per heavy atom. The van der Waals surface area contributed by atoms with Crippen molar-refractivity contribution >= 4 is 17.3 Å². The first-order valence-corrected chi connectivity index (χ1v) is 7.81. The Balaban J connectivity index is 3.23. The maximum Gasteiger partial charge on any atom is 0.128 e. The third-order valence-corrected chi connectivity index (χ3v) is 4.93. The average Bonchev–Trinajstić information content (AvgIpc) is 2.41.